The van der Waals surface area contributed by atoms with Gasteiger partial charge in [0.25, 0.3) is 5.91 Å². The van der Waals surface area contributed by atoms with Crippen molar-refractivity contribution >= 4 is 39.9 Å². The topological polar surface area (TPSA) is 87.0 Å². The number of fused-ring (bicyclic) bond motifs is 2. The van der Waals surface area contributed by atoms with Crippen LogP contribution in [-0.4, -0.2) is 24.6 Å². The number of carbonyl (C=O) groups excluding carboxylic acids is 2. The lowest BCUT2D eigenvalue weighted by atomic mass is 10.1. The average molecular weight is 464 g/mol. The predicted molar refractivity (Wildman–Crippen MR) is 122 cm³/mol. The van der Waals surface area contributed by atoms with E-state index in [9.17, 15) is 9.59 Å². The van der Waals surface area contributed by atoms with Crippen LogP contribution in [0.2, 0.25) is 5.02 Å². The van der Waals surface area contributed by atoms with E-state index in [1.165, 1.54) is 0 Å². The highest BCUT2D eigenvalue weighted by atomic mass is 35.5. The summed E-state index contributed by atoms with van der Waals surface area (Å²) in [5, 5.41) is 3.98. The molecule has 1 aromatic heterocycles. The average Bonchev–Trinajstić information content (AvgIpc) is 3.44. The first-order valence-electron chi connectivity index (χ1n) is 10.2. The van der Waals surface area contributed by atoms with Gasteiger partial charge < -0.3 is 23.9 Å². The summed E-state index contributed by atoms with van der Waals surface area (Å²) in [6, 6.07) is 18.7. The molecule has 1 aliphatic heterocycles. The standard InChI is InChI=1S/C25H18ClNO6/c1-14(32-17-9-7-16(26)8-10-17)25(29)27-22-18-4-2-3-5-19(18)33-24(22)23(28)15-6-11-20-21(12-15)31-13-30-20/h2-12,14H,13H2,1H3,(H,27,29). The third-order valence-electron chi connectivity index (χ3n) is 5.18. The molecule has 0 radical (unpaired) electrons. The fourth-order valence-corrected chi connectivity index (χ4v) is 3.62. The van der Waals surface area contributed by atoms with Crippen molar-refractivity contribution in [2.24, 2.45) is 0 Å². The van der Waals surface area contributed by atoms with Crippen molar-refractivity contribution in [3.05, 3.63) is 83.1 Å². The summed E-state index contributed by atoms with van der Waals surface area (Å²) in [4.78, 5) is 26.3. The fraction of sp³-hybridized carbons (Fsp3) is 0.120. The van der Waals surface area contributed by atoms with Crippen LogP contribution in [0, 0.1) is 0 Å². The van der Waals surface area contributed by atoms with Gasteiger partial charge in [-0.3, -0.25) is 9.59 Å². The number of anilines is 1. The Labute approximate surface area is 193 Å². The number of hydrogen-bond acceptors (Lipinski definition) is 6. The minimum absolute atomic E-state index is 0.0158. The van der Waals surface area contributed by atoms with Gasteiger partial charge in [0, 0.05) is 16.0 Å². The van der Waals surface area contributed by atoms with E-state index in [0.29, 0.717) is 38.8 Å². The van der Waals surface area contributed by atoms with Crippen molar-refractivity contribution in [1.82, 2.24) is 0 Å². The number of ether oxygens (including phenoxy) is 3. The molecule has 3 aromatic carbocycles. The van der Waals surface area contributed by atoms with Gasteiger partial charge in [-0.15, -0.1) is 0 Å². The monoisotopic (exact) mass is 463 g/mol. The van der Waals surface area contributed by atoms with Crippen molar-refractivity contribution in [3.8, 4) is 17.2 Å². The van der Waals surface area contributed by atoms with Crippen LogP contribution >= 0.6 is 11.6 Å². The summed E-state index contributed by atoms with van der Waals surface area (Å²) in [6.45, 7) is 1.72. The lowest BCUT2D eigenvalue weighted by Crippen LogP contribution is -2.30. The maximum atomic E-state index is 13.3. The van der Waals surface area contributed by atoms with Gasteiger partial charge in [0.15, 0.2) is 23.4 Å². The van der Waals surface area contributed by atoms with Crippen LogP contribution in [0.25, 0.3) is 11.0 Å². The zero-order chi connectivity index (χ0) is 22.9. The number of carbonyl (C=O) groups is 2. The van der Waals surface area contributed by atoms with Crippen LogP contribution in [0.15, 0.2) is 71.1 Å². The van der Waals surface area contributed by atoms with E-state index in [4.69, 9.17) is 30.2 Å². The maximum Gasteiger partial charge on any atom is 0.265 e. The molecule has 0 fully saturated rings. The summed E-state index contributed by atoms with van der Waals surface area (Å²) in [6.07, 6.45) is -0.840. The number of hydrogen-bond donors (Lipinski definition) is 1. The molecule has 0 saturated heterocycles. The van der Waals surface area contributed by atoms with Gasteiger partial charge in [0.1, 0.15) is 11.3 Å². The molecule has 1 atom stereocenters. The summed E-state index contributed by atoms with van der Waals surface area (Å²) < 4.78 is 22.3. The minimum Gasteiger partial charge on any atom is -0.481 e. The van der Waals surface area contributed by atoms with Crippen molar-refractivity contribution in [2.75, 3.05) is 12.1 Å². The molecule has 5 rings (SSSR count). The quantitative estimate of drug-likeness (QED) is 0.382. The van der Waals surface area contributed by atoms with Crippen LogP contribution < -0.4 is 19.5 Å². The minimum atomic E-state index is -0.840. The van der Waals surface area contributed by atoms with E-state index in [2.05, 4.69) is 5.32 Å². The van der Waals surface area contributed by atoms with Gasteiger partial charge in [0.05, 0.1) is 5.69 Å². The molecule has 1 unspecified atom stereocenters. The van der Waals surface area contributed by atoms with E-state index in [-0.39, 0.29) is 18.2 Å². The van der Waals surface area contributed by atoms with Crippen LogP contribution in [0.4, 0.5) is 5.69 Å². The molecule has 0 spiro atoms. The normalized spacial score (nSPS) is 13.0. The Morgan fingerprint density at radius 3 is 2.58 bits per heavy atom. The molecular formula is C25H18ClNO6. The van der Waals surface area contributed by atoms with E-state index >= 15 is 0 Å². The molecule has 8 heteroatoms. The number of para-hydroxylation sites is 1. The summed E-state index contributed by atoms with van der Waals surface area (Å²) in [5.74, 6) is 0.727. The van der Waals surface area contributed by atoms with Crippen molar-refractivity contribution in [2.45, 2.75) is 13.0 Å². The summed E-state index contributed by atoms with van der Waals surface area (Å²) >= 11 is 5.90. The maximum absolute atomic E-state index is 13.3. The Morgan fingerprint density at radius 2 is 1.76 bits per heavy atom. The van der Waals surface area contributed by atoms with Crippen molar-refractivity contribution < 1.29 is 28.2 Å². The number of nitrogens with one attached hydrogen (secondary N) is 1. The van der Waals surface area contributed by atoms with Crippen LogP contribution in [-0.2, 0) is 4.79 Å². The van der Waals surface area contributed by atoms with E-state index in [0.717, 1.165) is 0 Å². The molecule has 1 amide bonds. The van der Waals surface area contributed by atoms with Crippen molar-refractivity contribution in [1.29, 1.82) is 0 Å². The largest absolute Gasteiger partial charge is 0.481 e. The summed E-state index contributed by atoms with van der Waals surface area (Å²) in [5.41, 5.74) is 1.10. The highest BCUT2D eigenvalue weighted by Gasteiger charge is 2.27. The Kier molecular flexibility index (Phi) is 5.40. The predicted octanol–water partition coefficient (Wildman–Crippen LogP) is 5.45. The molecule has 0 aliphatic carbocycles. The molecule has 0 saturated carbocycles. The van der Waals surface area contributed by atoms with Gasteiger partial charge in [-0.25, -0.2) is 0 Å². The highest BCUT2D eigenvalue weighted by molar-refractivity contribution is 6.30. The lowest BCUT2D eigenvalue weighted by molar-refractivity contribution is -0.122. The van der Waals surface area contributed by atoms with Gasteiger partial charge in [-0.1, -0.05) is 23.7 Å². The van der Waals surface area contributed by atoms with Crippen molar-refractivity contribution in [3.63, 3.8) is 0 Å². The second-order valence-electron chi connectivity index (χ2n) is 7.40. The van der Waals surface area contributed by atoms with Gasteiger partial charge in [-0.05, 0) is 61.5 Å². The van der Waals surface area contributed by atoms with Gasteiger partial charge in [-0.2, -0.15) is 0 Å². The third-order valence-corrected chi connectivity index (χ3v) is 5.43. The van der Waals surface area contributed by atoms with E-state index < -0.39 is 17.8 Å². The fourth-order valence-electron chi connectivity index (χ4n) is 3.49. The first-order chi connectivity index (χ1) is 16.0. The number of benzene rings is 3. The zero-order valence-corrected chi connectivity index (χ0v) is 18.2. The van der Waals surface area contributed by atoms with E-state index in [1.807, 2.05) is 0 Å². The van der Waals surface area contributed by atoms with E-state index in [1.54, 1.807) is 73.7 Å². The number of ketones is 1. The molecule has 2 heterocycles. The Balaban J connectivity index is 1.45. The Bertz CT molecular complexity index is 1360. The SMILES string of the molecule is CC(Oc1ccc(Cl)cc1)C(=O)Nc1c(C(=O)c2ccc3c(c2)OCO3)oc2ccccc12. The van der Waals surface area contributed by atoms with Crippen LogP contribution in [0.3, 0.4) is 0 Å². The Morgan fingerprint density at radius 1 is 1.00 bits per heavy atom. The number of furan rings is 1. The molecule has 33 heavy (non-hydrogen) atoms. The first kappa shape index (κ1) is 20.9. The molecule has 1 aliphatic rings. The second kappa shape index (κ2) is 8.52. The Hall–Kier alpha value is -3.97. The van der Waals surface area contributed by atoms with Crippen LogP contribution in [0.5, 0.6) is 17.2 Å². The second-order valence-corrected chi connectivity index (χ2v) is 7.84. The molecule has 4 aromatic rings. The number of amides is 1. The number of rotatable bonds is 6. The third kappa shape index (κ3) is 4.10. The highest BCUT2D eigenvalue weighted by Crippen LogP contribution is 2.36. The molecule has 7 nitrogen and oxygen atoms in total. The first-order valence-corrected chi connectivity index (χ1v) is 10.6. The van der Waals surface area contributed by atoms with Gasteiger partial charge in [0.2, 0.25) is 12.6 Å². The summed E-state index contributed by atoms with van der Waals surface area (Å²) in [7, 11) is 0. The lowest BCUT2D eigenvalue weighted by Gasteiger charge is -2.15. The van der Waals surface area contributed by atoms with Gasteiger partial charge >= 0.3 is 0 Å². The molecule has 1 N–H and O–H groups in total. The number of halogens is 1. The van der Waals surface area contributed by atoms with Crippen LogP contribution in [0.1, 0.15) is 23.0 Å². The molecule has 166 valence electrons. The molecule has 0 bridgehead atoms. The zero-order valence-electron chi connectivity index (χ0n) is 17.5. The molecular weight excluding hydrogens is 446 g/mol. The smallest absolute Gasteiger partial charge is 0.265 e.